The molecule has 0 radical (unpaired) electrons. The second-order valence-corrected chi connectivity index (χ2v) is 5.84. The van der Waals surface area contributed by atoms with Crippen LogP contribution in [0.1, 0.15) is 60.8 Å². The summed E-state index contributed by atoms with van der Waals surface area (Å²) < 4.78 is 0. The molecule has 1 aliphatic carbocycles. The normalized spacial score (nSPS) is 25.2. The molecule has 0 nitrogen and oxygen atoms in total. The highest BCUT2D eigenvalue weighted by Crippen LogP contribution is 2.39. The summed E-state index contributed by atoms with van der Waals surface area (Å²) in [5, 5.41) is 0. The SMILES string of the molecule is CCC(C)C1=CC(C(C)CC)C(C(C)CC)=C1. The Labute approximate surface area is 108 Å². The van der Waals surface area contributed by atoms with Crippen LogP contribution in [-0.2, 0) is 0 Å². The zero-order chi connectivity index (χ0) is 13.0. The van der Waals surface area contributed by atoms with Crippen LogP contribution in [0.5, 0.6) is 0 Å². The van der Waals surface area contributed by atoms with Crippen molar-refractivity contribution in [2.45, 2.75) is 60.8 Å². The molecule has 0 saturated carbocycles. The van der Waals surface area contributed by atoms with E-state index in [4.69, 9.17) is 0 Å². The van der Waals surface area contributed by atoms with Crippen LogP contribution in [0, 0.1) is 23.7 Å². The number of hydrogen-bond donors (Lipinski definition) is 0. The van der Waals surface area contributed by atoms with E-state index < -0.39 is 0 Å². The molecule has 0 heterocycles. The van der Waals surface area contributed by atoms with Gasteiger partial charge in [-0.3, -0.25) is 0 Å². The van der Waals surface area contributed by atoms with Crippen molar-refractivity contribution >= 4 is 0 Å². The fourth-order valence-electron chi connectivity index (χ4n) is 2.64. The fourth-order valence-corrected chi connectivity index (χ4v) is 2.64. The first-order chi connectivity index (χ1) is 8.04. The van der Waals surface area contributed by atoms with Gasteiger partial charge in [0.25, 0.3) is 0 Å². The summed E-state index contributed by atoms with van der Waals surface area (Å²) >= 11 is 0. The van der Waals surface area contributed by atoms with Crippen molar-refractivity contribution in [3.63, 3.8) is 0 Å². The van der Waals surface area contributed by atoms with Crippen LogP contribution in [0.25, 0.3) is 0 Å². The first-order valence-electron chi connectivity index (χ1n) is 7.48. The van der Waals surface area contributed by atoms with Crippen LogP contribution in [0.4, 0.5) is 0 Å². The van der Waals surface area contributed by atoms with E-state index >= 15 is 0 Å². The van der Waals surface area contributed by atoms with Gasteiger partial charge in [-0.15, -0.1) is 0 Å². The average molecular weight is 234 g/mol. The maximum absolute atomic E-state index is 2.56. The molecular weight excluding hydrogens is 204 g/mol. The summed E-state index contributed by atoms with van der Waals surface area (Å²) in [5.41, 5.74) is 3.28. The monoisotopic (exact) mass is 234 g/mol. The molecule has 0 saturated heterocycles. The predicted octanol–water partition coefficient (Wildman–Crippen LogP) is 5.61. The Morgan fingerprint density at radius 1 is 0.941 bits per heavy atom. The van der Waals surface area contributed by atoms with E-state index in [0.717, 1.165) is 17.8 Å². The fraction of sp³-hybridized carbons (Fsp3) is 0.765. The predicted molar refractivity (Wildman–Crippen MR) is 78.0 cm³/mol. The Morgan fingerprint density at radius 3 is 2.00 bits per heavy atom. The number of rotatable bonds is 6. The molecule has 17 heavy (non-hydrogen) atoms. The first kappa shape index (κ1) is 14.5. The average Bonchev–Trinajstić information content (AvgIpc) is 2.80. The van der Waals surface area contributed by atoms with Gasteiger partial charge in [0, 0.05) is 5.92 Å². The lowest BCUT2D eigenvalue weighted by molar-refractivity contribution is 0.430. The number of hydrogen-bond acceptors (Lipinski definition) is 0. The summed E-state index contributed by atoms with van der Waals surface area (Å²) in [5.74, 6) is 2.96. The second kappa shape index (κ2) is 6.42. The zero-order valence-electron chi connectivity index (χ0n) is 12.6. The highest BCUT2D eigenvalue weighted by atomic mass is 14.3. The van der Waals surface area contributed by atoms with E-state index in [9.17, 15) is 0 Å². The molecule has 1 rings (SSSR count). The standard InChI is InChI=1S/C17H30/c1-7-12(4)15-10-16(13(5)8-2)17(11-15)14(6)9-3/h10-14,16H,7-9H2,1-6H3. The molecule has 4 atom stereocenters. The van der Waals surface area contributed by atoms with Crippen molar-refractivity contribution in [3.05, 3.63) is 23.3 Å². The zero-order valence-corrected chi connectivity index (χ0v) is 12.6. The van der Waals surface area contributed by atoms with E-state index in [-0.39, 0.29) is 0 Å². The van der Waals surface area contributed by atoms with Crippen molar-refractivity contribution in [1.29, 1.82) is 0 Å². The largest absolute Gasteiger partial charge is 0.0736 e. The van der Waals surface area contributed by atoms with Crippen molar-refractivity contribution in [2.24, 2.45) is 23.7 Å². The van der Waals surface area contributed by atoms with Gasteiger partial charge in [0.05, 0.1) is 0 Å². The Hall–Kier alpha value is -0.520. The van der Waals surface area contributed by atoms with Crippen LogP contribution in [-0.4, -0.2) is 0 Å². The minimum Gasteiger partial charge on any atom is -0.0736 e. The van der Waals surface area contributed by atoms with Gasteiger partial charge < -0.3 is 0 Å². The van der Waals surface area contributed by atoms with E-state index in [1.54, 1.807) is 11.1 Å². The van der Waals surface area contributed by atoms with Gasteiger partial charge in [0.15, 0.2) is 0 Å². The smallest absolute Gasteiger partial charge is 0.00141 e. The summed E-state index contributed by atoms with van der Waals surface area (Å²) in [7, 11) is 0. The molecule has 0 fully saturated rings. The summed E-state index contributed by atoms with van der Waals surface area (Å²) in [6, 6.07) is 0. The molecule has 0 heteroatoms. The molecular formula is C17H30. The summed E-state index contributed by atoms with van der Waals surface area (Å²) in [6.07, 6.45) is 8.87. The third-order valence-electron chi connectivity index (χ3n) is 4.71. The minimum absolute atomic E-state index is 0.707. The Balaban J connectivity index is 2.93. The van der Waals surface area contributed by atoms with Crippen LogP contribution < -0.4 is 0 Å². The van der Waals surface area contributed by atoms with Crippen LogP contribution in [0.3, 0.4) is 0 Å². The quantitative estimate of drug-likeness (QED) is 0.560. The Kier molecular flexibility index (Phi) is 5.49. The molecule has 0 aliphatic heterocycles. The van der Waals surface area contributed by atoms with Gasteiger partial charge in [-0.2, -0.15) is 0 Å². The Bertz CT molecular complexity index is 295. The molecule has 0 aromatic carbocycles. The van der Waals surface area contributed by atoms with Crippen molar-refractivity contribution in [1.82, 2.24) is 0 Å². The topological polar surface area (TPSA) is 0 Å². The lowest BCUT2D eigenvalue weighted by Gasteiger charge is -2.24. The van der Waals surface area contributed by atoms with E-state index in [1.807, 2.05) is 0 Å². The molecule has 0 spiro atoms. The maximum atomic E-state index is 2.56. The second-order valence-electron chi connectivity index (χ2n) is 5.84. The van der Waals surface area contributed by atoms with Crippen LogP contribution in [0.2, 0.25) is 0 Å². The Morgan fingerprint density at radius 2 is 1.53 bits per heavy atom. The molecule has 0 bridgehead atoms. The van der Waals surface area contributed by atoms with Gasteiger partial charge in [0.1, 0.15) is 0 Å². The molecule has 98 valence electrons. The van der Waals surface area contributed by atoms with Gasteiger partial charge in [-0.25, -0.2) is 0 Å². The van der Waals surface area contributed by atoms with E-state index in [0.29, 0.717) is 5.92 Å². The van der Waals surface area contributed by atoms with Gasteiger partial charge in [-0.05, 0) is 36.2 Å². The third kappa shape index (κ3) is 3.24. The number of allylic oxidation sites excluding steroid dienone is 4. The van der Waals surface area contributed by atoms with Crippen molar-refractivity contribution < 1.29 is 0 Å². The van der Waals surface area contributed by atoms with Gasteiger partial charge >= 0.3 is 0 Å². The lowest BCUT2D eigenvalue weighted by atomic mass is 9.81. The van der Waals surface area contributed by atoms with Crippen LogP contribution >= 0.6 is 0 Å². The third-order valence-corrected chi connectivity index (χ3v) is 4.71. The van der Waals surface area contributed by atoms with Gasteiger partial charge in [0.2, 0.25) is 0 Å². The molecule has 0 aromatic heterocycles. The van der Waals surface area contributed by atoms with Gasteiger partial charge in [-0.1, -0.05) is 65.7 Å². The molecule has 4 unspecified atom stereocenters. The lowest BCUT2D eigenvalue weighted by Crippen LogP contribution is -2.13. The highest BCUT2D eigenvalue weighted by molar-refractivity contribution is 5.38. The van der Waals surface area contributed by atoms with Crippen LogP contribution in [0.15, 0.2) is 23.3 Å². The minimum atomic E-state index is 0.707. The van der Waals surface area contributed by atoms with Crippen molar-refractivity contribution in [3.8, 4) is 0 Å². The first-order valence-corrected chi connectivity index (χ1v) is 7.48. The molecule has 1 aliphatic rings. The maximum Gasteiger partial charge on any atom is 0.00141 e. The van der Waals surface area contributed by atoms with Crippen molar-refractivity contribution in [2.75, 3.05) is 0 Å². The van der Waals surface area contributed by atoms with E-state index in [2.05, 4.69) is 53.7 Å². The van der Waals surface area contributed by atoms with E-state index in [1.165, 1.54) is 19.3 Å². The summed E-state index contributed by atoms with van der Waals surface area (Å²) in [6.45, 7) is 14.0. The highest BCUT2D eigenvalue weighted by Gasteiger charge is 2.27. The molecule has 0 amide bonds. The molecule has 0 N–H and O–H groups in total. The summed E-state index contributed by atoms with van der Waals surface area (Å²) in [4.78, 5) is 0. The molecule has 0 aromatic rings.